The van der Waals surface area contributed by atoms with Gasteiger partial charge in [-0.25, -0.2) is 4.79 Å². The number of carbonyl (C=O) groups excluding carboxylic acids is 1. The average Bonchev–Trinajstić information content (AvgIpc) is 2.87. The second-order valence-corrected chi connectivity index (χ2v) is 5.59. The lowest BCUT2D eigenvalue weighted by molar-refractivity contribution is -0.173. The number of aromatic nitrogens is 2. The van der Waals surface area contributed by atoms with Crippen LogP contribution >= 0.6 is 0 Å². The van der Waals surface area contributed by atoms with Crippen molar-refractivity contribution in [2.75, 3.05) is 13.2 Å². The molecule has 1 unspecified atom stereocenters. The Morgan fingerprint density at radius 1 is 1.33 bits per heavy atom. The van der Waals surface area contributed by atoms with Crippen LogP contribution in [0.3, 0.4) is 0 Å². The average molecular weight is 395 g/mol. The lowest BCUT2D eigenvalue weighted by atomic mass is 10.1. The number of aromatic amines is 1. The number of hydrogen-bond donors (Lipinski definition) is 5. The summed E-state index contributed by atoms with van der Waals surface area (Å²) >= 11 is 0. The normalized spacial score (nSPS) is 25.9. The minimum absolute atomic E-state index is 0.186. The van der Waals surface area contributed by atoms with Gasteiger partial charge in [0, 0.05) is 12.7 Å². The Labute approximate surface area is 148 Å². The van der Waals surface area contributed by atoms with Gasteiger partial charge < -0.3 is 25.4 Å². The van der Waals surface area contributed by atoms with Crippen LogP contribution in [-0.4, -0.2) is 68.4 Å². The summed E-state index contributed by atoms with van der Waals surface area (Å²) < 4.78 is 42.1. The first-order valence-corrected chi connectivity index (χ1v) is 7.55. The van der Waals surface area contributed by atoms with E-state index in [1.807, 2.05) is 4.98 Å². The quantitative estimate of drug-likeness (QED) is 0.381. The third kappa shape index (κ3) is 4.63. The predicted octanol–water partition coefficient (Wildman–Crippen LogP) is -2.16. The molecule has 1 fully saturated rings. The minimum Gasteiger partial charge on any atom is -0.394 e. The van der Waals surface area contributed by atoms with Crippen LogP contribution in [0.4, 0.5) is 13.2 Å². The van der Waals surface area contributed by atoms with Crippen LogP contribution in [0.2, 0.25) is 0 Å². The van der Waals surface area contributed by atoms with E-state index in [4.69, 9.17) is 9.84 Å². The van der Waals surface area contributed by atoms with Gasteiger partial charge in [-0.2, -0.15) is 13.2 Å². The van der Waals surface area contributed by atoms with Crippen LogP contribution in [0.1, 0.15) is 11.8 Å². The molecule has 1 aliphatic heterocycles. The van der Waals surface area contributed by atoms with Gasteiger partial charge in [0.2, 0.25) is 0 Å². The number of amides is 1. The summed E-state index contributed by atoms with van der Waals surface area (Å²) in [5, 5.41) is 30.3. The number of nitrogens with zero attached hydrogens (tertiary/aromatic N) is 1. The number of ether oxygens (including phenoxy) is 1. The van der Waals surface area contributed by atoms with Gasteiger partial charge in [-0.05, 0) is 0 Å². The summed E-state index contributed by atoms with van der Waals surface area (Å²) in [6, 6.07) is 0. The van der Waals surface area contributed by atoms with E-state index in [2.05, 4.69) is 0 Å². The Balaban J connectivity index is 2.19. The second kappa shape index (κ2) is 8.04. The molecular weight excluding hydrogens is 379 g/mol. The van der Waals surface area contributed by atoms with E-state index in [0.717, 1.165) is 22.9 Å². The fourth-order valence-corrected chi connectivity index (χ4v) is 2.36. The van der Waals surface area contributed by atoms with Crippen molar-refractivity contribution in [3.8, 4) is 0 Å². The maximum Gasteiger partial charge on any atom is 0.471 e. The lowest BCUT2D eigenvalue weighted by Crippen LogP contribution is -2.38. The molecule has 150 valence electrons. The van der Waals surface area contributed by atoms with Gasteiger partial charge in [0.15, 0.2) is 6.23 Å². The molecule has 5 N–H and O–H groups in total. The van der Waals surface area contributed by atoms with Crippen molar-refractivity contribution in [3.05, 3.63) is 38.7 Å². The molecule has 0 spiro atoms. The number of H-pyrrole nitrogens is 1. The van der Waals surface area contributed by atoms with Gasteiger partial charge >= 0.3 is 17.8 Å². The van der Waals surface area contributed by atoms with Crippen molar-refractivity contribution in [3.63, 3.8) is 0 Å². The van der Waals surface area contributed by atoms with Crippen molar-refractivity contribution < 1.29 is 38.0 Å². The maximum absolute atomic E-state index is 12.1. The first kappa shape index (κ1) is 20.8. The zero-order valence-corrected chi connectivity index (χ0v) is 13.5. The van der Waals surface area contributed by atoms with E-state index >= 15 is 0 Å². The van der Waals surface area contributed by atoms with Gasteiger partial charge in [-0.3, -0.25) is 19.1 Å². The Hall–Kier alpha value is -2.48. The Morgan fingerprint density at radius 3 is 2.56 bits per heavy atom. The summed E-state index contributed by atoms with van der Waals surface area (Å²) in [5.74, 6) is -2.16. The van der Waals surface area contributed by atoms with Crippen molar-refractivity contribution in [1.29, 1.82) is 0 Å². The molecule has 0 saturated carbocycles. The van der Waals surface area contributed by atoms with Gasteiger partial charge in [-0.15, -0.1) is 0 Å². The first-order chi connectivity index (χ1) is 12.6. The zero-order chi connectivity index (χ0) is 20.4. The smallest absolute Gasteiger partial charge is 0.394 e. The van der Waals surface area contributed by atoms with Crippen LogP contribution in [-0.2, 0) is 9.53 Å². The molecule has 1 saturated heterocycles. The molecule has 27 heavy (non-hydrogen) atoms. The van der Waals surface area contributed by atoms with Gasteiger partial charge in [0.25, 0.3) is 5.56 Å². The van der Waals surface area contributed by atoms with E-state index in [-0.39, 0.29) is 5.56 Å². The van der Waals surface area contributed by atoms with E-state index < -0.39 is 61.0 Å². The molecule has 1 amide bonds. The topological polar surface area (TPSA) is 154 Å². The highest BCUT2D eigenvalue weighted by Crippen LogP contribution is 2.28. The van der Waals surface area contributed by atoms with Crippen LogP contribution in [0.15, 0.2) is 21.9 Å². The molecule has 4 atom stereocenters. The van der Waals surface area contributed by atoms with E-state index in [1.165, 1.54) is 0 Å². The molecule has 2 heterocycles. The molecule has 13 heteroatoms. The molecule has 0 radical (unpaired) electrons. The molecule has 0 aliphatic carbocycles. The summed E-state index contributed by atoms with van der Waals surface area (Å²) in [7, 11) is 0. The zero-order valence-electron chi connectivity index (χ0n) is 13.5. The maximum atomic E-state index is 12.1. The number of aliphatic hydroxyl groups excluding tert-OH is 3. The number of rotatable bonds is 5. The summed E-state index contributed by atoms with van der Waals surface area (Å²) in [4.78, 5) is 36.3. The molecule has 0 bridgehead atoms. The molecule has 1 aliphatic rings. The van der Waals surface area contributed by atoms with Crippen LogP contribution in [0.25, 0.3) is 6.08 Å². The predicted molar refractivity (Wildman–Crippen MR) is 82.4 cm³/mol. The SMILES string of the molecule is O=C(NCC=Cc1cn([C@@H]2O[C@H](CO)[C@H](O)C2O)c(=O)[nH]c1=O)C(F)(F)F. The minimum atomic E-state index is -5.04. The molecular formula is C14H16F3N3O7. The van der Waals surface area contributed by atoms with E-state index in [9.17, 15) is 37.8 Å². The Bertz CT molecular complexity index is 832. The fourth-order valence-electron chi connectivity index (χ4n) is 2.36. The molecule has 10 nitrogen and oxygen atoms in total. The molecule has 2 rings (SSSR count). The third-order valence-electron chi connectivity index (χ3n) is 3.72. The number of hydrogen-bond acceptors (Lipinski definition) is 7. The molecule has 1 aromatic heterocycles. The number of nitrogens with one attached hydrogen (secondary N) is 2. The van der Waals surface area contributed by atoms with E-state index in [0.29, 0.717) is 0 Å². The van der Waals surface area contributed by atoms with Crippen molar-refractivity contribution in [1.82, 2.24) is 14.9 Å². The summed E-state index contributed by atoms with van der Waals surface area (Å²) in [6.45, 7) is -1.16. The van der Waals surface area contributed by atoms with E-state index in [1.54, 1.807) is 5.32 Å². The standard InChI is InChI=1S/C14H16F3N3O7/c15-14(16,17)12(25)18-3-1-2-6-4-20(13(26)19-10(6)24)11-9(23)8(22)7(5-21)27-11/h1-2,4,7-9,11,21-23H,3,5H2,(H,18,25)(H,19,24,26)/t7-,8+,9?,11-/m1/s1. The number of halogens is 3. The molecule has 0 aromatic carbocycles. The lowest BCUT2D eigenvalue weighted by Gasteiger charge is -2.17. The number of aliphatic hydroxyl groups is 3. The fraction of sp³-hybridized carbons (Fsp3) is 0.500. The second-order valence-electron chi connectivity index (χ2n) is 5.59. The largest absolute Gasteiger partial charge is 0.471 e. The summed E-state index contributed by atoms with van der Waals surface area (Å²) in [5.41, 5.74) is -2.03. The van der Waals surface area contributed by atoms with Crippen LogP contribution < -0.4 is 16.6 Å². The van der Waals surface area contributed by atoms with Gasteiger partial charge in [-0.1, -0.05) is 12.2 Å². The van der Waals surface area contributed by atoms with Crippen molar-refractivity contribution >= 4 is 12.0 Å². The highest BCUT2D eigenvalue weighted by molar-refractivity contribution is 5.81. The monoisotopic (exact) mass is 395 g/mol. The number of carbonyl (C=O) groups is 1. The molecule has 1 aromatic rings. The number of alkyl halides is 3. The van der Waals surface area contributed by atoms with Crippen LogP contribution in [0.5, 0.6) is 0 Å². The van der Waals surface area contributed by atoms with Crippen molar-refractivity contribution in [2.45, 2.75) is 30.7 Å². The highest BCUT2D eigenvalue weighted by Gasteiger charge is 2.43. The highest BCUT2D eigenvalue weighted by atomic mass is 19.4. The van der Waals surface area contributed by atoms with Gasteiger partial charge in [0.1, 0.15) is 18.3 Å². The van der Waals surface area contributed by atoms with Crippen molar-refractivity contribution in [2.24, 2.45) is 0 Å². The summed E-state index contributed by atoms with van der Waals surface area (Å²) in [6.07, 6.45) is -7.60. The first-order valence-electron chi connectivity index (χ1n) is 7.55. The Morgan fingerprint density at radius 2 is 2.00 bits per heavy atom. The van der Waals surface area contributed by atoms with Crippen LogP contribution in [0, 0.1) is 0 Å². The third-order valence-corrected chi connectivity index (χ3v) is 3.72. The Kier molecular flexibility index (Phi) is 6.20. The van der Waals surface area contributed by atoms with Gasteiger partial charge in [0.05, 0.1) is 12.2 Å².